The van der Waals surface area contributed by atoms with Crippen LogP contribution in [0.4, 0.5) is 0 Å². The summed E-state index contributed by atoms with van der Waals surface area (Å²) in [6.45, 7) is 4.98. The molecule has 0 aromatic heterocycles. The molecule has 0 spiro atoms. The van der Waals surface area contributed by atoms with E-state index in [0.717, 1.165) is 5.56 Å². The average Bonchev–Trinajstić information content (AvgIpc) is 2.45. The monoisotopic (exact) mass is 327 g/mol. The second-order valence-electron chi connectivity index (χ2n) is 5.44. The molecular formula is C16H26ClN3O2. The molecule has 1 rings (SSSR count). The van der Waals surface area contributed by atoms with Crippen LogP contribution >= 0.6 is 12.4 Å². The zero-order chi connectivity index (χ0) is 15.7. The maximum absolute atomic E-state index is 12.3. The van der Waals surface area contributed by atoms with Gasteiger partial charge in [0.2, 0.25) is 11.8 Å². The Labute approximate surface area is 138 Å². The lowest BCUT2D eigenvalue weighted by atomic mass is 10.0. The van der Waals surface area contributed by atoms with Gasteiger partial charge in [0.1, 0.15) is 6.04 Å². The van der Waals surface area contributed by atoms with Gasteiger partial charge in [0.15, 0.2) is 0 Å². The highest BCUT2D eigenvalue weighted by Crippen LogP contribution is 2.13. The average molecular weight is 328 g/mol. The molecule has 0 aliphatic carbocycles. The Kier molecular flexibility index (Phi) is 10.2. The summed E-state index contributed by atoms with van der Waals surface area (Å²) in [5.41, 5.74) is 6.19. The molecule has 1 atom stereocenters. The molecule has 0 aliphatic rings. The van der Waals surface area contributed by atoms with E-state index in [9.17, 15) is 9.59 Å². The van der Waals surface area contributed by atoms with Crippen LogP contribution in [0.1, 0.15) is 38.3 Å². The van der Waals surface area contributed by atoms with Crippen LogP contribution in [0.15, 0.2) is 30.3 Å². The molecule has 2 amide bonds. The Bertz CT molecular complexity index is 452. The van der Waals surface area contributed by atoms with E-state index in [1.54, 1.807) is 0 Å². The van der Waals surface area contributed by atoms with Gasteiger partial charge in [-0.15, -0.1) is 12.4 Å². The molecule has 0 bridgehead atoms. The van der Waals surface area contributed by atoms with Crippen molar-refractivity contribution in [3.05, 3.63) is 35.9 Å². The summed E-state index contributed by atoms with van der Waals surface area (Å²) in [5.74, 6) is -0.0682. The summed E-state index contributed by atoms with van der Waals surface area (Å²) in [6, 6.07) is 8.60. The number of halogens is 1. The van der Waals surface area contributed by atoms with E-state index in [-0.39, 0.29) is 30.1 Å². The molecule has 1 aromatic carbocycles. The molecule has 0 saturated carbocycles. The minimum Gasteiger partial charge on any atom is -0.354 e. The van der Waals surface area contributed by atoms with E-state index in [2.05, 4.69) is 10.6 Å². The minimum absolute atomic E-state index is 0. The van der Waals surface area contributed by atoms with Crippen molar-refractivity contribution in [3.8, 4) is 0 Å². The second kappa shape index (κ2) is 11.0. The van der Waals surface area contributed by atoms with Crippen molar-refractivity contribution >= 4 is 24.2 Å². The van der Waals surface area contributed by atoms with Crippen LogP contribution in [0.2, 0.25) is 0 Å². The molecule has 1 aromatic rings. The van der Waals surface area contributed by atoms with Crippen molar-refractivity contribution in [2.24, 2.45) is 11.7 Å². The van der Waals surface area contributed by atoms with Gasteiger partial charge in [-0.1, -0.05) is 44.2 Å². The summed E-state index contributed by atoms with van der Waals surface area (Å²) < 4.78 is 0. The number of benzene rings is 1. The second-order valence-corrected chi connectivity index (χ2v) is 5.44. The maximum atomic E-state index is 12.3. The van der Waals surface area contributed by atoms with Crippen LogP contribution in [-0.2, 0) is 9.59 Å². The van der Waals surface area contributed by atoms with Crippen molar-refractivity contribution in [2.45, 2.75) is 32.7 Å². The van der Waals surface area contributed by atoms with Crippen LogP contribution in [0, 0.1) is 5.92 Å². The summed E-state index contributed by atoms with van der Waals surface area (Å²) in [7, 11) is 0. The molecule has 1 unspecified atom stereocenters. The van der Waals surface area contributed by atoms with Crippen molar-refractivity contribution in [1.82, 2.24) is 10.6 Å². The fourth-order valence-electron chi connectivity index (χ4n) is 1.95. The van der Waals surface area contributed by atoms with Gasteiger partial charge in [0.05, 0.1) is 0 Å². The van der Waals surface area contributed by atoms with Gasteiger partial charge in [-0.3, -0.25) is 9.59 Å². The van der Waals surface area contributed by atoms with Gasteiger partial charge in [-0.25, -0.2) is 0 Å². The lowest BCUT2D eigenvalue weighted by Gasteiger charge is -2.19. The Morgan fingerprint density at radius 3 is 2.36 bits per heavy atom. The van der Waals surface area contributed by atoms with Gasteiger partial charge < -0.3 is 16.4 Å². The van der Waals surface area contributed by atoms with Crippen LogP contribution in [0.3, 0.4) is 0 Å². The fraction of sp³-hybridized carbons (Fsp3) is 0.500. The lowest BCUT2D eigenvalue weighted by molar-refractivity contribution is -0.129. The number of amides is 2. The molecule has 0 heterocycles. The SMILES string of the molecule is CC(C)CC(=O)NC(C(=O)NCCCN)c1ccccc1.Cl. The van der Waals surface area contributed by atoms with Gasteiger partial charge in [0, 0.05) is 13.0 Å². The predicted octanol–water partition coefficient (Wildman–Crippen LogP) is 1.78. The Morgan fingerprint density at radius 2 is 1.82 bits per heavy atom. The molecule has 0 radical (unpaired) electrons. The Hall–Kier alpha value is -1.59. The molecule has 0 saturated heterocycles. The number of nitrogens with two attached hydrogens (primary N) is 1. The first-order valence-electron chi connectivity index (χ1n) is 7.36. The van der Waals surface area contributed by atoms with Crippen molar-refractivity contribution < 1.29 is 9.59 Å². The number of hydrogen-bond acceptors (Lipinski definition) is 3. The van der Waals surface area contributed by atoms with E-state index in [1.165, 1.54) is 0 Å². The first kappa shape index (κ1) is 20.4. The summed E-state index contributed by atoms with van der Waals surface area (Å²) >= 11 is 0. The van der Waals surface area contributed by atoms with Gasteiger partial charge >= 0.3 is 0 Å². The maximum Gasteiger partial charge on any atom is 0.247 e. The molecule has 0 aliphatic heterocycles. The molecule has 124 valence electrons. The van der Waals surface area contributed by atoms with Crippen LogP contribution < -0.4 is 16.4 Å². The zero-order valence-electron chi connectivity index (χ0n) is 13.2. The topological polar surface area (TPSA) is 84.2 Å². The zero-order valence-corrected chi connectivity index (χ0v) is 14.0. The van der Waals surface area contributed by atoms with Gasteiger partial charge in [-0.05, 0) is 24.4 Å². The number of rotatable bonds is 8. The molecule has 6 heteroatoms. The molecular weight excluding hydrogens is 302 g/mol. The van der Waals surface area contributed by atoms with Crippen LogP contribution in [0.5, 0.6) is 0 Å². The van der Waals surface area contributed by atoms with Gasteiger partial charge in [0.25, 0.3) is 0 Å². The third-order valence-electron chi connectivity index (χ3n) is 2.97. The number of hydrogen-bond donors (Lipinski definition) is 3. The fourth-order valence-corrected chi connectivity index (χ4v) is 1.95. The van der Waals surface area contributed by atoms with Crippen LogP contribution in [0.25, 0.3) is 0 Å². The van der Waals surface area contributed by atoms with Gasteiger partial charge in [-0.2, -0.15) is 0 Å². The van der Waals surface area contributed by atoms with E-state index in [1.807, 2.05) is 44.2 Å². The highest BCUT2D eigenvalue weighted by molar-refractivity contribution is 5.88. The van der Waals surface area contributed by atoms with Crippen molar-refractivity contribution in [2.75, 3.05) is 13.1 Å². The van der Waals surface area contributed by atoms with E-state index in [0.29, 0.717) is 25.9 Å². The quantitative estimate of drug-likeness (QED) is 0.636. The molecule has 5 nitrogen and oxygen atoms in total. The predicted molar refractivity (Wildman–Crippen MR) is 90.7 cm³/mol. The van der Waals surface area contributed by atoms with E-state index >= 15 is 0 Å². The molecule has 4 N–H and O–H groups in total. The highest BCUT2D eigenvalue weighted by Gasteiger charge is 2.22. The normalized spacial score (nSPS) is 11.5. The third-order valence-corrected chi connectivity index (χ3v) is 2.97. The number of carbonyl (C=O) groups is 2. The smallest absolute Gasteiger partial charge is 0.247 e. The summed E-state index contributed by atoms with van der Waals surface area (Å²) in [6.07, 6.45) is 1.12. The summed E-state index contributed by atoms with van der Waals surface area (Å²) in [4.78, 5) is 24.2. The summed E-state index contributed by atoms with van der Waals surface area (Å²) in [5, 5.41) is 5.62. The van der Waals surface area contributed by atoms with E-state index < -0.39 is 6.04 Å². The molecule has 22 heavy (non-hydrogen) atoms. The number of carbonyl (C=O) groups excluding carboxylic acids is 2. The largest absolute Gasteiger partial charge is 0.354 e. The highest BCUT2D eigenvalue weighted by atomic mass is 35.5. The first-order chi connectivity index (χ1) is 10.0. The van der Waals surface area contributed by atoms with E-state index in [4.69, 9.17) is 5.73 Å². The number of nitrogens with one attached hydrogen (secondary N) is 2. The van der Waals surface area contributed by atoms with Crippen molar-refractivity contribution in [3.63, 3.8) is 0 Å². The van der Waals surface area contributed by atoms with Crippen molar-refractivity contribution in [1.29, 1.82) is 0 Å². The first-order valence-corrected chi connectivity index (χ1v) is 7.36. The lowest BCUT2D eigenvalue weighted by Crippen LogP contribution is -2.41. The Balaban J connectivity index is 0.00000441. The Morgan fingerprint density at radius 1 is 1.18 bits per heavy atom. The standard InChI is InChI=1S/C16H25N3O2.ClH/c1-12(2)11-14(20)19-15(13-7-4-3-5-8-13)16(21)18-10-6-9-17;/h3-5,7-8,12,15H,6,9-11,17H2,1-2H3,(H,18,21)(H,19,20);1H. The third kappa shape index (κ3) is 7.43. The molecule has 0 fully saturated rings. The minimum atomic E-state index is -0.657. The van der Waals surface area contributed by atoms with Crippen LogP contribution in [-0.4, -0.2) is 24.9 Å².